The standard InChI is InChI=1S/C19H18ClN3O/c1-19(7-8-19)17-14(13-6-5-11(20)9-16(13)23-17)10-12-3-2-4-15(22-12)18(21)24/h2-6,9,23H,7-8,10H2,1H3,(H2,21,24). The van der Waals surface area contributed by atoms with Crippen LogP contribution in [0.15, 0.2) is 36.4 Å². The lowest BCUT2D eigenvalue weighted by Gasteiger charge is -2.11. The molecule has 4 nitrogen and oxygen atoms in total. The molecule has 0 aliphatic heterocycles. The van der Waals surface area contributed by atoms with E-state index in [2.05, 4.69) is 23.0 Å². The second-order valence-corrected chi connectivity index (χ2v) is 7.22. The Bertz CT molecular complexity index is 956. The maximum atomic E-state index is 11.4. The number of nitrogens with one attached hydrogen (secondary N) is 1. The molecular weight excluding hydrogens is 322 g/mol. The van der Waals surface area contributed by atoms with E-state index in [9.17, 15) is 4.79 Å². The predicted octanol–water partition coefficient (Wildman–Crippen LogP) is 3.96. The number of amides is 1. The van der Waals surface area contributed by atoms with Crippen LogP contribution in [-0.2, 0) is 11.8 Å². The summed E-state index contributed by atoms with van der Waals surface area (Å²) in [7, 11) is 0. The highest BCUT2D eigenvalue weighted by Crippen LogP contribution is 2.50. The number of fused-ring (bicyclic) bond motifs is 1. The van der Waals surface area contributed by atoms with Crippen LogP contribution in [0, 0.1) is 0 Å². The van der Waals surface area contributed by atoms with Gasteiger partial charge in [0.05, 0.1) is 0 Å². The fraction of sp³-hybridized carbons (Fsp3) is 0.263. The lowest BCUT2D eigenvalue weighted by atomic mass is 9.96. The van der Waals surface area contributed by atoms with Gasteiger partial charge in [-0.1, -0.05) is 30.7 Å². The average molecular weight is 340 g/mol. The van der Waals surface area contributed by atoms with Crippen LogP contribution in [0.1, 0.15) is 47.2 Å². The Hall–Kier alpha value is -2.33. The molecule has 2 aromatic heterocycles. The molecule has 122 valence electrons. The van der Waals surface area contributed by atoms with Crippen LogP contribution < -0.4 is 5.73 Å². The number of pyridine rings is 1. The molecule has 0 bridgehead atoms. The number of H-pyrrole nitrogens is 1. The van der Waals surface area contributed by atoms with Gasteiger partial charge in [-0.05, 0) is 42.7 Å². The molecule has 0 saturated heterocycles. The summed E-state index contributed by atoms with van der Waals surface area (Å²) >= 11 is 6.14. The number of benzene rings is 1. The number of carbonyl (C=O) groups excluding carboxylic acids is 1. The van der Waals surface area contributed by atoms with E-state index in [1.54, 1.807) is 6.07 Å². The number of aromatic nitrogens is 2. The highest BCUT2D eigenvalue weighted by atomic mass is 35.5. The number of halogens is 1. The third-order valence-corrected chi connectivity index (χ3v) is 5.12. The summed E-state index contributed by atoms with van der Waals surface area (Å²) in [4.78, 5) is 19.3. The van der Waals surface area contributed by atoms with Crippen molar-refractivity contribution in [2.45, 2.75) is 31.6 Å². The van der Waals surface area contributed by atoms with Gasteiger partial charge >= 0.3 is 0 Å². The van der Waals surface area contributed by atoms with Crippen LogP contribution in [-0.4, -0.2) is 15.9 Å². The Morgan fingerprint density at radius 1 is 1.33 bits per heavy atom. The molecule has 1 saturated carbocycles. The molecule has 1 fully saturated rings. The van der Waals surface area contributed by atoms with Crippen molar-refractivity contribution in [1.82, 2.24) is 9.97 Å². The minimum Gasteiger partial charge on any atom is -0.364 e. The van der Waals surface area contributed by atoms with Crippen molar-refractivity contribution in [1.29, 1.82) is 0 Å². The van der Waals surface area contributed by atoms with Gasteiger partial charge in [-0.25, -0.2) is 4.98 Å². The first-order chi connectivity index (χ1) is 11.5. The second kappa shape index (κ2) is 5.35. The summed E-state index contributed by atoms with van der Waals surface area (Å²) in [5.74, 6) is -0.503. The normalized spacial score (nSPS) is 15.6. The van der Waals surface area contributed by atoms with Gasteiger partial charge in [-0.3, -0.25) is 4.79 Å². The topological polar surface area (TPSA) is 71.8 Å². The average Bonchev–Trinajstić information content (AvgIpc) is 3.20. The third-order valence-electron chi connectivity index (χ3n) is 4.89. The molecule has 0 spiro atoms. The zero-order valence-electron chi connectivity index (χ0n) is 13.4. The highest BCUT2D eigenvalue weighted by molar-refractivity contribution is 6.31. The summed E-state index contributed by atoms with van der Waals surface area (Å²) < 4.78 is 0. The summed E-state index contributed by atoms with van der Waals surface area (Å²) in [6.07, 6.45) is 3.01. The number of carbonyl (C=O) groups is 1. The first-order valence-electron chi connectivity index (χ1n) is 8.03. The Kier molecular flexibility index (Phi) is 3.39. The van der Waals surface area contributed by atoms with E-state index >= 15 is 0 Å². The van der Waals surface area contributed by atoms with Crippen LogP contribution in [0.3, 0.4) is 0 Å². The number of primary amides is 1. The molecule has 1 aromatic carbocycles. The Morgan fingerprint density at radius 3 is 2.83 bits per heavy atom. The van der Waals surface area contributed by atoms with Crippen LogP contribution in [0.25, 0.3) is 10.9 Å². The van der Waals surface area contributed by atoms with Crippen molar-refractivity contribution in [3.8, 4) is 0 Å². The van der Waals surface area contributed by atoms with Crippen LogP contribution in [0.2, 0.25) is 5.02 Å². The van der Waals surface area contributed by atoms with Gasteiger partial charge in [0.25, 0.3) is 5.91 Å². The lowest BCUT2D eigenvalue weighted by Crippen LogP contribution is -2.14. The molecule has 1 aliphatic carbocycles. The van der Waals surface area contributed by atoms with Gasteiger partial charge in [0.2, 0.25) is 0 Å². The van der Waals surface area contributed by atoms with Gasteiger partial charge in [0, 0.05) is 39.1 Å². The largest absolute Gasteiger partial charge is 0.364 e. The molecule has 0 radical (unpaired) electrons. The smallest absolute Gasteiger partial charge is 0.267 e. The second-order valence-electron chi connectivity index (χ2n) is 6.78. The number of nitrogens with two attached hydrogens (primary N) is 1. The number of hydrogen-bond donors (Lipinski definition) is 2. The molecule has 3 N–H and O–H groups in total. The molecule has 5 heteroatoms. The minimum absolute atomic E-state index is 0.197. The van der Waals surface area contributed by atoms with E-state index < -0.39 is 5.91 Å². The monoisotopic (exact) mass is 339 g/mol. The van der Waals surface area contributed by atoms with Gasteiger partial charge in [0.1, 0.15) is 5.69 Å². The lowest BCUT2D eigenvalue weighted by molar-refractivity contribution is 0.0995. The number of aromatic amines is 1. The number of hydrogen-bond acceptors (Lipinski definition) is 2. The summed E-state index contributed by atoms with van der Waals surface area (Å²) in [6, 6.07) is 11.3. The Morgan fingerprint density at radius 2 is 2.12 bits per heavy atom. The van der Waals surface area contributed by atoms with Crippen LogP contribution in [0.4, 0.5) is 0 Å². The van der Waals surface area contributed by atoms with Crippen LogP contribution in [0.5, 0.6) is 0 Å². The van der Waals surface area contributed by atoms with E-state index in [1.165, 1.54) is 24.1 Å². The molecular formula is C19H18ClN3O. The van der Waals surface area contributed by atoms with E-state index in [1.807, 2.05) is 24.3 Å². The first-order valence-corrected chi connectivity index (χ1v) is 8.40. The predicted molar refractivity (Wildman–Crippen MR) is 95.5 cm³/mol. The highest BCUT2D eigenvalue weighted by Gasteiger charge is 2.42. The minimum atomic E-state index is -0.503. The maximum Gasteiger partial charge on any atom is 0.267 e. The van der Waals surface area contributed by atoms with E-state index in [0.29, 0.717) is 12.1 Å². The molecule has 0 atom stereocenters. The summed E-state index contributed by atoms with van der Waals surface area (Å²) in [5.41, 5.74) is 10.2. The number of rotatable bonds is 4. The van der Waals surface area contributed by atoms with Crippen molar-refractivity contribution in [3.05, 3.63) is 64.1 Å². The van der Waals surface area contributed by atoms with Crippen molar-refractivity contribution >= 4 is 28.4 Å². The first kappa shape index (κ1) is 15.2. The molecule has 4 rings (SSSR count). The quantitative estimate of drug-likeness (QED) is 0.755. The van der Waals surface area contributed by atoms with Crippen LogP contribution >= 0.6 is 11.6 Å². The van der Waals surface area contributed by atoms with Crippen molar-refractivity contribution in [3.63, 3.8) is 0 Å². The van der Waals surface area contributed by atoms with E-state index in [4.69, 9.17) is 17.3 Å². The van der Waals surface area contributed by atoms with E-state index in [0.717, 1.165) is 21.6 Å². The third kappa shape index (κ3) is 2.57. The van der Waals surface area contributed by atoms with Gasteiger partial charge in [0.15, 0.2) is 0 Å². The summed E-state index contributed by atoms with van der Waals surface area (Å²) in [5, 5.41) is 1.88. The SMILES string of the molecule is CC1(c2[nH]c3cc(Cl)ccc3c2Cc2cccc(C(N)=O)n2)CC1. The molecule has 0 unspecified atom stereocenters. The summed E-state index contributed by atoms with van der Waals surface area (Å²) in [6.45, 7) is 2.27. The molecule has 1 amide bonds. The maximum absolute atomic E-state index is 11.4. The Balaban J connectivity index is 1.83. The zero-order chi connectivity index (χ0) is 16.9. The Labute approximate surface area is 145 Å². The zero-order valence-corrected chi connectivity index (χ0v) is 14.2. The molecule has 1 aliphatic rings. The van der Waals surface area contributed by atoms with Gasteiger partial charge in [-0.15, -0.1) is 0 Å². The van der Waals surface area contributed by atoms with Crippen molar-refractivity contribution in [2.24, 2.45) is 5.73 Å². The number of nitrogens with zero attached hydrogens (tertiary/aromatic N) is 1. The molecule has 2 heterocycles. The van der Waals surface area contributed by atoms with Gasteiger partial charge in [-0.2, -0.15) is 0 Å². The molecule has 3 aromatic rings. The fourth-order valence-electron chi connectivity index (χ4n) is 3.26. The van der Waals surface area contributed by atoms with E-state index in [-0.39, 0.29) is 5.41 Å². The van der Waals surface area contributed by atoms with Crippen molar-refractivity contribution in [2.75, 3.05) is 0 Å². The fourth-order valence-corrected chi connectivity index (χ4v) is 3.43. The van der Waals surface area contributed by atoms with Crippen molar-refractivity contribution < 1.29 is 4.79 Å². The molecule has 24 heavy (non-hydrogen) atoms. The van der Waals surface area contributed by atoms with Gasteiger partial charge < -0.3 is 10.7 Å².